The monoisotopic (exact) mass is 502 g/mol. The number of benzene rings is 2. The predicted octanol–water partition coefficient (Wildman–Crippen LogP) is 4.26. The van der Waals surface area contributed by atoms with E-state index in [-0.39, 0.29) is 34.5 Å². The SMILES string of the molecule is CCC(CC(=O)O)c1cccc2c1C(=O)NN(C(=O)c1c(Cl)cc(C(C=NC)=CN)cc1Cl)C2. The third-order valence-electron chi connectivity index (χ3n) is 5.61. The minimum atomic E-state index is -0.942. The van der Waals surface area contributed by atoms with Crippen LogP contribution < -0.4 is 11.2 Å². The Morgan fingerprint density at radius 3 is 2.53 bits per heavy atom. The number of halogens is 2. The van der Waals surface area contributed by atoms with Gasteiger partial charge in [0.1, 0.15) is 0 Å². The van der Waals surface area contributed by atoms with Crippen LogP contribution in [0.2, 0.25) is 10.0 Å². The summed E-state index contributed by atoms with van der Waals surface area (Å²) in [6.45, 7) is 1.94. The van der Waals surface area contributed by atoms with E-state index in [2.05, 4.69) is 10.4 Å². The van der Waals surface area contributed by atoms with Gasteiger partial charge in [-0.25, -0.2) is 5.01 Å². The van der Waals surface area contributed by atoms with E-state index in [1.54, 1.807) is 37.4 Å². The number of allylic oxidation sites excluding steroid dienone is 1. The lowest BCUT2D eigenvalue weighted by atomic mass is 9.86. The van der Waals surface area contributed by atoms with Crippen molar-refractivity contribution in [3.63, 3.8) is 0 Å². The number of aliphatic imine (C=N–C) groups is 1. The lowest BCUT2D eigenvalue weighted by molar-refractivity contribution is -0.137. The second-order valence-electron chi connectivity index (χ2n) is 7.74. The molecule has 0 saturated carbocycles. The molecule has 3 rings (SSSR count). The van der Waals surface area contributed by atoms with E-state index in [1.165, 1.54) is 12.4 Å². The molecule has 2 aromatic rings. The van der Waals surface area contributed by atoms with Crippen LogP contribution in [0.3, 0.4) is 0 Å². The van der Waals surface area contributed by atoms with Crippen LogP contribution in [0.4, 0.5) is 0 Å². The number of aliphatic carboxylic acids is 1. The quantitative estimate of drug-likeness (QED) is 0.487. The molecule has 10 heteroatoms. The molecular formula is C24H24Cl2N4O4. The number of nitrogens with one attached hydrogen (secondary N) is 1. The van der Waals surface area contributed by atoms with Gasteiger partial charge in [0.2, 0.25) is 0 Å². The fraction of sp³-hybridized carbons (Fsp3) is 0.250. The normalized spacial score (nSPS) is 14.6. The van der Waals surface area contributed by atoms with Crippen LogP contribution in [0.1, 0.15) is 63.1 Å². The van der Waals surface area contributed by atoms with Gasteiger partial charge in [-0.1, -0.05) is 48.3 Å². The molecule has 0 spiro atoms. The highest BCUT2D eigenvalue weighted by Gasteiger charge is 2.32. The zero-order valence-corrected chi connectivity index (χ0v) is 20.2. The van der Waals surface area contributed by atoms with Gasteiger partial charge in [0.15, 0.2) is 0 Å². The molecule has 34 heavy (non-hydrogen) atoms. The van der Waals surface area contributed by atoms with Crippen molar-refractivity contribution in [2.75, 3.05) is 7.05 Å². The Hall–Kier alpha value is -3.36. The molecule has 1 unspecified atom stereocenters. The molecule has 0 radical (unpaired) electrons. The van der Waals surface area contributed by atoms with Gasteiger partial charge in [0, 0.05) is 30.6 Å². The number of hydrazine groups is 1. The molecule has 1 aliphatic rings. The number of nitrogens with zero attached hydrogens (tertiary/aromatic N) is 2. The first-order valence-corrected chi connectivity index (χ1v) is 11.3. The van der Waals surface area contributed by atoms with Crippen LogP contribution in [-0.4, -0.2) is 41.2 Å². The fourth-order valence-corrected chi connectivity index (χ4v) is 4.65. The van der Waals surface area contributed by atoms with Crippen molar-refractivity contribution in [1.29, 1.82) is 0 Å². The molecule has 2 amide bonds. The summed E-state index contributed by atoms with van der Waals surface area (Å²) in [5, 5.41) is 10.6. The lowest BCUT2D eigenvalue weighted by Crippen LogP contribution is -2.50. The van der Waals surface area contributed by atoms with Crippen LogP contribution in [0, 0.1) is 0 Å². The van der Waals surface area contributed by atoms with Crippen molar-refractivity contribution in [2.24, 2.45) is 10.7 Å². The lowest BCUT2D eigenvalue weighted by Gasteiger charge is -2.31. The Labute approximate surface area is 207 Å². The minimum absolute atomic E-state index is 0.0362. The average molecular weight is 503 g/mol. The molecule has 0 aliphatic carbocycles. The second kappa shape index (κ2) is 10.7. The van der Waals surface area contributed by atoms with Crippen LogP contribution in [0.15, 0.2) is 41.5 Å². The van der Waals surface area contributed by atoms with E-state index in [0.717, 1.165) is 5.01 Å². The summed E-state index contributed by atoms with van der Waals surface area (Å²) in [5.74, 6) is -2.34. The molecule has 2 aromatic carbocycles. The third kappa shape index (κ3) is 5.08. The number of carbonyl (C=O) groups is 3. The minimum Gasteiger partial charge on any atom is -0.481 e. The number of hydrogen-bond donors (Lipinski definition) is 3. The molecule has 0 fully saturated rings. The molecule has 0 saturated heterocycles. The number of hydrogen-bond acceptors (Lipinski definition) is 5. The van der Waals surface area contributed by atoms with E-state index >= 15 is 0 Å². The largest absolute Gasteiger partial charge is 0.481 e. The number of carboxylic acids is 1. The van der Waals surface area contributed by atoms with E-state index in [9.17, 15) is 19.5 Å². The van der Waals surface area contributed by atoms with Crippen LogP contribution in [0.5, 0.6) is 0 Å². The van der Waals surface area contributed by atoms with Crippen LogP contribution in [-0.2, 0) is 11.3 Å². The number of carboxylic acid groups (broad SMARTS) is 1. The summed E-state index contributed by atoms with van der Waals surface area (Å²) in [6, 6.07) is 8.35. The van der Waals surface area contributed by atoms with Crippen molar-refractivity contribution in [2.45, 2.75) is 32.2 Å². The standard InChI is InChI=1S/C24H24Cl2N4O4/c1-3-13(9-20(31)32)17-6-4-5-14-12-30(29-23(33)21(14)17)24(34)22-18(25)7-15(8-19(22)26)16(10-27)11-28-2/h4-8,10-11,13H,3,9,12,27H2,1-2H3,(H,29,33)(H,31,32). The average Bonchev–Trinajstić information content (AvgIpc) is 2.79. The fourth-order valence-electron chi connectivity index (χ4n) is 4.00. The third-order valence-corrected chi connectivity index (χ3v) is 6.21. The van der Waals surface area contributed by atoms with Gasteiger partial charge >= 0.3 is 5.97 Å². The molecule has 178 valence electrons. The topological polar surface area (TPSA) is 125 Å². The molecule has 8 nitrogen and oxygen atoms in total. The Morgan fingerprint density at radius 2 is 1.97 bits per heavy atom. The highest BCUT2D eigenvalue weighted by atomic mass is 35.5. The van der Waals surface area contributed by atoms with Crippen molar-refractivity contribution in [3.05, 3.63) is 74.4 Å². The summed E-state index contributed by atoms with van der Waals surface area (Å²) in [6.07, 6.45) is 3.35. The maximum absolute atomic E-state index is 13.3. The first kappa shape index (κ1) is 25.3. The molecule has 0 bridgehead atoms. The van der Waals surface area contributed by atoms with Crippen LogP contribution >= 0.6 is 23.2 Å². The Morgan fingerprint density at radius 1 is 1.29 bits per heavy atom. The molecular weight excluding hydrogens is 479 g/mol. The van der Waals surface area contributed by atoms with Crippen molar-refractivity contribution < 1.29 is 19.5 Å². The summed E-state index contributed by atoms with van der Waals surface area (Å²) in [4.78, 5) is 41.5. The molecule has 4 N–H and O–H groups in total. The van der Waals surface area contributed by atoms with Gasteiger partial charge < -0.3 is 10.8 Å². The Balaban J connectivity index is 1.95. The first-order valence-electron chi connectivity index (χ1n) is 10.5. The first-order chi connectivity index (χ1) is 16.2. The van der Waals surface area contributed by atoms with Crippen LogP contribution in [0.25, 0.3) is 5.57 Å². The van der Waals surface area contributed by atoms with E-state index in [0.29, 0.717) is 34.2 Å². The van der Waals surface area contributed by atoms with E-state index < -0.39 is 17.8 Å². The summed E-state index contributed by atoms with van der Waals surface area (Å²) < 4.78 is 0. The van der Waals surface area contributed by atoms with E-state index in [4.69, 9.17) is 28.9 Å². The van der Waals surface area contributed by atoms with Crippen molar-refractivity contribution in [1.82, 2.24) is 10.4 Å². The predicted molar refractivity (Wildman–Crippen MR) is 132 cm³/mol. The Bertz CT molecular complexity index is 1190. The molecule has 1 aliphatic heterocycles. The zero-order chi connectivity index (χ0) is 25.0. The van der Waals surface area contributed by atoms with Gasteiger partial charge in [-0.2, -0.15) is 0 Å². The van der Waals surface area contributed by atoms with Gasteiger partial charge in [-0.05, 0) is 41.2 Å². The van der Waals surface area contributed by atoms with Gasteiger partial charge in [-0.3, -0.25) is 24.8 Å². The van der Waals surface area contributed by atoms with Gasteiger partial charge in [0.25, 0.3) is 11.8 Å². The van der Waals surface area contributed by atoms with Gasteiger partial charge in [-0.15, -0.1) is 0 Å². The summed E-state index contributed by atoms with van der Waals surface area (Å²) >= 11 is 12.8. The van der Waals surface area contributed by atoms with Crippen molar-refractivity contribution >= 4 is 52.8 Å². The smallest absolute Gasteiger partial charge is 0.303 e. The number of nitrogens with two attached hydrogens (primary N) is 1. The number of rotatable bonds is 7. The Kier molecular flexibility index (Phi) is 7.96. The number of carbonyl (C=O) groups excluding carboxylic acids is 2. The maximum Gasteiger partial charge on any atom is 0.303 e. The highest BCUT2D eigenvalue weighted by molar-refractivity contribution is 6.40. The molecule has 1 heterocycles. The highest BCUT2D eigenvalue weighted by Crippen LogP contribution is 2.33. The maximum atomic E-state index is 13.3. The summed E-state index contributed by atoms with van der Waals surface area (Å²) in [5.41, 5.74) is 11.1. The number of amides is 2. The zero-order valence-electron chi connectivity index (χ0n) is 18.6. The van der Waals surface area contributed by atoms with Gasteiger partial charge in [0.05, 0.1) is 28.6 Å². The van der Waals surface area contributed by atoms with E-state index in [1.807, 2.05) is 6.92 Å². The second-order valence-corrected chi connectivity index (χ2v) is 8.56. The number of fused-ring (bicyclic) bond motifs is 1. The summed E-state index contributed by atoms with van der Waals surface area (Å²) in [7, 11) is 1.59. The molecule has 1 atom stereocenters. The van der Waals surface area contributed by atoms with Crippen molar-refractivity contribution in [3.8, 4) is 0 Å². The molecule has 0 aromatic heterocycles.